The summed E-state index contributed by atoms with van der Waals surface area (Å²) in [6.07, 6.45) is 1.77. The Kier molecular flexibility index (Phi) is 6.45. The summed E-state index contributed by atoms with van der Waals surface area (Å²) in [5, 5.41) is 12.1. The predicted octanol–water partition coefficient (Wildman–Crippen LogP) is 5.04. The van der Waals surface area contributed by atoms with E-state index in [1.54, 1.807) is 37.6 Å². The van der Waals surface area contributed by atoms with Gasteiger partial charge in [0, 0.05) is 28.5 Å². The van der Waals surface area contributed by atoms with E-state index in [0.717, 1.165) is 27.7 Å². The number of amidine groups is 1. The van der Waals surface area contributed by atoms with Gasteiger partial charge in [0.15, 0.2) is 11.0 Å². The van der Waals surface area contributed by atoms with Gasteiger partial charge in [-0.3, -0.25) is 9.59 Å². The molecule has 3 aromatic carbocycles. The molecule has 1 unspecified atom stereocenters. The number of methoxy groups -OCH3 is 1. The Morgan fingerprint density at radius 3 is 2.54 bits per heavy atom. The smallest absolute Gasteiger partial charge is 0.240 e. The highest BCUT2D eigenvalue weighted by molar-refractivity contribution is 8.15. The quantitative estimate of drug-likeness (QED) is 0.219. The first-order chi connectivity index (χ1) is 17.1. The van der Waals surface area contributed by atoms with E-state index in [1.165, 1.54) is 11.8 Å². The molecule has 7 nitrogen and oxygen atoms in total. The van der Waals surface area contributed by atoms with Gasteiger partial charge in [0.25, 0.3) is 0 Å². The van der Waals surface area contributed by atoms with Crippen LogP contribution in [0.1, 0.15) is 22.3 Å². The number of carbonyl (C=O) groups excluding carboxylic acids is 2. The number of aromatic amines is 1. The van der Waals surface area contributed by atoms with Gasteiger partial charge in [0.05, 0.1) is 24.3 Å². The van der Waals surface area contributed by atoms with Crippen LogP contribution in [0.5, 0.6) is 5.75 Å². The zero-order valence-electron chi connectivity index (χ0n) is 18.9. The van der Waals surface area contributed by atoms with Crippen LogP contribution in [-0.2, 0) is 4.79 Å². The minimum absolute atomic E-state index is 0.0756. The van der Waals surface area contributed by atoms with Gasteiger partial charge >= 0.3 is 0 Å². The number of rotatable bonds is 7. The first kappa shape index (κ1) is 22.6. The number of amides is 1. The van der Waals surface area contributed by atoms with Crippen LogP contribution in [0, 0.1) is 0 Å². The number of ketones is 1. The number of nitrogens with zero attached hydrogens (tertiary/aromatic N) is 2. The zero-order valence-corrected chi connectivity index (χ0v) is 19.7. The van der Waals surface area contributed by atoms with E-state index in [0.29, 0.717) is 16.5 Å². The van der Waals surface area contributed by atoms with Crippen LogP contribution in [0.25, 0.3) is 22.2 Å². The van der Waals surface area contributed by atoms with Gasteiger partial charge in [-0.2, -0.15) is 5.10 Å². The molecule has 1 atom stereocenters. The largest absolute Gasteiger partial charge is 0.497 e. The Morgan fingerprint density at radius 2 is 1.77 bits per heavy atom. The summed E-state index contributed by atoms with van der Waals surface area (Å²) in [5.74, 6) is 0.312. The third kappa shape index (κ3) is 4.88. The second-order valence-electron chi connectivity index (χ2n) is 7.93. The lowest BCUT2D eigenvalue weighted by Crippen LogP contribution is -2.26. The van der Waals surface area contributed by atoms with Gasteiger partial charge < -0.3 is 15.0 Å². The van der Waals surface area contributed by atoms with Gasteiger partial charge in [-0.15, -0.1) is 5.10 Å². The highest BCUT2D eigenvalue weighted by Crippen LogP contribution is 2.29. The van der Waals surface area contributed by atoms with Gasteiger partial charge in [-0.25, -0.2) is 0 Å². The summed E-state index contributed by atoms with van der Waals surface area (Å²) < 4.78 is 5.12. The van der Waals surface area contributed by atoms with E-state index in [4.69, 9.17) is 4.74 Å². The maximum atomic E-state index is 12.6. The Hall–Kier alpha value is -4.17. The molecule has 35 heavy (non-hydrogen) atoms. The third-order valence-electron chi connectivity index (χ3n) is 5.70. The van der Waals surface area contributed by atoms with E-state index in [1.807, 2.05) is 54.6 Å². The Bertz CT molecular complexity index is 1440. The topological polar surface area (TPSA) is 95.9 Å². The molecule has 174 valence electrons. The number of thioether (sulfide) groups is 1. The molecule has 0 saturated carbocycles. The van der Waals surface area contributed by atoms with Crippen LogP contribution in [0.2, 0.25) is 0 Å². The molecule has 5 rings (SSSR count). The van der Waals surface area contributed by atoms with Crippen LogP contribution in [-0.4, -0.2) is 40.4 Å². The molecule has 2 heterocycles. The lowest BCUT2D eigenvalue weighted by molar-refractivity contribution is -0.118. The standard InChI is InChI=1S/C27H22N4O3S/c1-34-19-13-11-17(12-14-19)23(32)15-24-26(33)30-27(35-24)31-28-16-21-20-9-5-6-10-22(20)29-25(21)18-7-3-2-4-8-18/h2-14,16,24,29H,15H2,1H3,(H,30,31,33)/b28-16+. The Balaban J connectivity index is 1.32. The van der Waals surface area contributed by atoms with Gasteiger partial charge in [-0.1, -0.05) is 60.3 Å². The number of para-hydroxylation sites is 1. The molecule has 1 saturated heterocycles. The van der Waals surface area contributed by atoms with Crippen molar-refractivity contribution < 1.29 is 14.3 Å². The average Bonchev–Trinajstić information content (AvgIpc) is 3.44. The molecule has 4 aromatic rings. The SMILES string of the molecule is COc1ccc(C(=O)CC2S/C(=N\N=C\c3c(-c4ccccc4)[nH]c4ccccc34)NC2=O)cc1. The van der Waals surface area contributed by atoms with E-state index >= 15 is 0 Å². The van der Waals surface area contributed by atoms with Crippen molar-refractivity contribution in [1.29, 1.82) is 0 Å². The number of hydrogen-bond acceptors (Lipinski definition) is 6. The van der Waals surface area contributed by atoms with Crippen molar-refractivity contribution >= 4 is 45.7 Å². The van der Waals surface area contributed by atoms with Gasteiger partial charge in [0.2, 0.25) is 5.91 Å². The molecule has 1 fully saturated rings. The lowest BCUT2D eigenvalue weighted by atomic mass is 10.1. The summed E-state index contributed by atoms with van der Waals surface area (Å²) in [5.41, 5.74) is 4.44. The summed E-state index contributed by atoms with van der Waals surface area (Å²) in [7, 11) is 1.57. The summed E-state index contributed by atoms with van der Waals surface area (Å²) in [4.78, 5) is 28.5. The zero-order chi connectivity index (χ0) is 24.2. The fraction of sp³-hybridized carbons (Fsp3) is 0.111. The second-order valence-corrected chi connectivity index (χ2v) is 9.12. The van der Waals surface area contributed by atoms with Crippen LogP contribution in [0.15, 0.2) is 89.1 Å². The monoisotopic (exact) mass is 482 g/mol. The summed E-state index contributed by atoms with van der Waals surface area (Å²) in [6, 6.07) is 24.9. The number of carbonyl (C=O) groups is 2. The minimum Gasteiger partial charge on any atom is -0.497 e. The predicted molar refractivity (Wildman–Crippen MR) is 140 cm³/mol. The molecule has 0 spiro atoms. The fourth-order valence-corrected chi connectivity index (χ4v) is 4.84. The summed E-state index contributed by atoms with van der Waals surface area (Å²) in [6.45, 7) is 0. The number of benzene rings is 3. The highest BCUT2D eigenvalue weighted by Gasteiger charge is 2.32. The Labute approximate surface area is 206 Å². The molecule has 0 radical (unpaired) electrons. The molecule has 1 aliphatic heterocycles. The first-order valence-electron chi connectivity index (χ1n) is 11.0. The normalized spacial score (nSPS) is 16.8. The van der Waals surface area contributed by atoms with Crippen LogP contribution < -0.4 is 10.1 Å². The molecule has 0 bridgehead atoms. The highest BCUT2D eigenvalue weighted by atomic mass is 32.2. The molecule has 2 N–H and O–H groups in total. The maximum Gasteiger partial charge on any atom is 0.240 e. The van der Waals surface area contributed by atoms with Crippen molar-refractivity contribution in [2.45, 2.75) is 11.7 Å². The van der Waals surface area contributed by atoms with E-state index in [-0.39, 0.29) is 18.1 Å². The molecule has 1 aliphatic rings. The van der Waals surface area contributed by atoms with Crippen molar-refractivity contribution in [1.82, 2.24) is 10.3 Å². The molecular formula is C27H22N4O3S. The van der Waals surface area contributed by atoms with Crippen molar-refractivity contribution in [2.75, 3.05) is 7.11 Å². The first-order valence-corrected chi connectivity index (χ1v) is 11.9. The van der Waals surface area contributed by atoms with Crippen molar-refractivity contribution in [2.24, 2.45) is 10.2 Å². The fourth-order valence-electron chi connectivity index (χ4n) is 3.92. The molecule has 8 heteroatoms. The molecular weight excluding hydrogens is 460 g/mol. The Morgan fingerprint density at radius 1 is 1.03 bits per heavy atom. The molecule has 1 aromatic heterocycles. The van der Waals surface area contributed by atoms with Crippen molar-refractivity contribution in [3.63, 3.8) is 0 Å². The van der Waals surface area contributed by atoms with Gasteiger partial charge in [0.1, 0.15) is 5.75 Å². The number of aromatic nitrogens is 1. The molecule has 0 aliphatic carbocycles. The van der Waals surface area contributed by atoms with Crippen molar-refractivity contribution in [3.05, 3.63) is 90.0 Å². The number of H-pyrrole nitrogens is 1. The minimum atomic E-state index is -0.550. The van der Waals surface area contributed by atoms with E-state index in [2.05, 4.69) is 20.5 Å². The van der Waals surface area contributed by atoms with Crippen LogP contribution in [0.3, 0.4) is 0 Å². The number of nitrogens with one attached hydrogen (secondary N) is 2. The van der Waals surface area contributed by atoms with E-state index < -0.39 is 5.25 Å². The van der Waals surface area contributed by atoms with Gasteiger partial charge in [-0.05, 0) is 35.9 Å². The third-order valence-corrected chi connectivity index (χ3v) is 6.78. The van der Waals surface area contributed by atoms with Crippen LogP contribution in [0.4, 0.5) is 0 Å². The number of Topliss-reactive ketones (excluding diaryl/α,β-unsaturated/α-hetero) is 1. The number of hydrogen-bond donors (Lipinski definition) is 2. The average molecular weight is 483 g/mol. The maximum absolute atomic E-state index is 12.6. The van der Waals surface area contributed by atoms with Crippen molar-refractivity contribution in [3.8, 4) is 17.0 Å². The van der Waals surface area contributed by atoms with Crippen LogP contribution >= 0.6 is 11.8 Å². The lowest BCUT2D eigenvalue weighted by Gasteiger charge is -2.05. The van der Waals surface area contributed by atoms with E-state index in [9.17, 15) is 9.59 Å². The number of fused-ring (bicyclic) bond motifs is 1. The summed E-state index contributed by atoms with van der Waals surface area (Å²) >= 11 is 1.21. The molecule has 1 amide bonds. The second kappa shape index (κ2) is 9.99. The number of ether oxygens (including phenoxy) is 1.